The smallest absolute Gasteiger partial charge is 0.0471 e. The predicted molar refractivity (Wildman–Crippen MR) is 64.2 cm³/mol. The van der Waals surface area contributed by atoms with Crippen LogP contribution in [-0.4, -0.2) is 4.98 Å². The fourth-order valence-corrected chi connectivity index (χ4v) is 2.42. The Morgan fingerprint density at radius 2 is 1.86 bits per heavy atom. The Hall–Kier alpha value is -1.28. The first-order valence-electron chi connectivity index (χ1n) is 4.45. The first-order chi connectivity index (χ1) is 6.77. The third-order valence-corrected chi connectivity index (χ3v) is 3.29. The summed E-state index contributed by atoms with van der Waals surface area (Å²) in [6.07, 6.45) is 0. The molecular formula is C12H8BrN. The number of hydrogen-bond acceptors (Lipinski definition) is 0. The maximum Gasteiger partial charge on any atom is 0.0471 e. The summed E-state index contributed by atoms with van der Waals surface area (Å²) in [4.78, 5) is 3.28. The van der Waals surface area contributed by atoms with Crippen LogP contribution in [0.1, 0.15) is 0 Å². The van der Waals surface area contributed by atoms with E-state index >= 15 is 0 Å². The van der Waals surface area contributed by atoms with Gasteiger partial charge in [-0.1, -0.05) is 40.7 Å². The zero-order valence-electron chi connectivity index (χ0n) is 7.47. The van der Waals surface area contributed by atoms with Crippen molar-refractivity contribution < 1.29 is 0 Å². The third-order valence-electron chi connectivity index (χ3n) is 2.60. The van der Waals surface area contributed by atoms with E-state index in [1.54, 1.807) is 0 Å². The lowest BCUT2D eigenvalue weighted by Crippen LogP contribution is -1.95. The SMILES string of the molecule is C=c1[nH]c2ccc(Br)c3cccc1c23. The Kier molecular flexibility index (Phi) is 1.50. The van der Waals surface area contributed by atoms with Crippen LogP contribution in [0.4, 0.5) is 0 Å². The summed E-state index contributed by atoms with van der Waals surface area (Å²) in [5.41, 5.74) is 1.16. The van der Waals surface area contributed by atoms with E-state index in [0.29, 0.717) is 0 Å². The molecule has 2 aromatic carbocycles. The van der Waals surface area contributed by atoms with Gasteiger partial charge in [0.2, 0.25) is 0 Å². The Balaban J connectivity index is 2.79. The lowest BCUT2D eigenvalue weighted by atomic mass is 10.1. The van der Waals surface area contributed by atoms with Crippen molar-refractivity contribution in [1.29, 1.82) is 0 Å². The van der Waals surface area contributed by atoms with Crippen molar-refractivity contribution in [3.05, 3.63) is 40.2 Å². The van der Waals surface area contributed by atoms with Crippen LogP contribution in [0.15, 0.2) is 34.8 Å². The number of benzene rings is 2. The maximum atomic E-state index is 4.00. The molecule has 0 radical (unpaired) electrons. The Bertz CT molecular complexity index is 666. The van der Waals surface area contributed by atoms with Crippen molar-refractivity contribution in [2.24, 2.45) is 0 Å². The highest BCUT2D eigenvalue weighted by molar-refractivity contribution is 9.10. The van der Waals surface area contributed by atoms with Crippen molar-refractivity contribution >= 4 is 44.2 Å². The molecule has 1 heterocycles. The zero-order valence-corrected chi connectivity index (χ0v) is 9.06. The van der Waals surface area contributed by atoms with Crippen LogP contribution >= 0.6 is 15.9 Å². The number of nitrogens with one attached hydrogen (secondary N) is 1. The van der Waals surface area contributed by atoms with Crippen LogP contribution in [0.3, 0.4) is 0 Å². The van der Waals surface area contributed by atoms with Crippen LogP contribution in [-0.2, 0) is 0 Å². The summed E-state index contributed by atoms with van der Waals surface area (Å²) < 4.78 is 1.13. The molecule has 68 valence electrons. The van der Waals surface area contributed by atoms with Crippen molar-refractivity contribution in [3.63, 3.8) is 0 Å². The van der Waals surface area contributed by atoms with Crippen LogP contribution in [0.2, 0.25) is 0 Å². The summed E-state index contributed by atoms with van der Waals surface area (Å²) >= 11 is 3.56. The van der Waals surface area contributed by atoms with Gasteiger partial charge < -0.3 is 4.98 Å². The van der Waals surface area contributed by atoms with Crippen LogP contribution in [0.5, 0.6) is 0 Å². The first-order valence-corrected chi connectivity index (χ1v) is 5.24. The minimum atomic E-state index is 0.990. The number of aromatic nitrogens is 1. The van der Waals surface area contributed by atoms with Gasteiger partial charge in [0.15, 0.2) is 0 Å². The lowest BCUT2D eigenvalue weighted by Gasteiger charge is -1.99. The number of halogens is 1. The molecule has 14 heavy (non-hydrogen) atoms. The molecule has 0 bridgehead atoms. The number of H-pyrrole nitrogens is 1. The van der Waals surface area contributed by atoms with E-state index in [1.165, 1.54) is 16.2 Å². The summed E-state index contributed by atoms with van der Waals surface area (Å²) in [5, 5.41) is 4.71. The third kappa shape index (κ3) is 0.891. The van der Waals surface area contributed by atoms with Crippen LogP contribution < -0.4 is 5.35 Å². The van der Waals surface area contributed by atoms with Gasteiger partial charge in [-0.05, 0) is 17.5 Å². The molecule has 0 saturated heterocycles. The fourth-order valence-electron chi connectivity index (χ4n) is 1.96. The molecule has 0 spiro atoms. The van der Waals surface area contributed by atoms with Gasteiger partial charge in [-0.3, -0.25) is 0 Å². The number of rotatable bonds is 0. The van der Waals surface area contributed by atoms with Crippen molar-refractivity contribution in [3.8, 4) is 0 Å². The Labute approximate surface area is 89.5 Å². The molecule has 0 amide bonds. The van der Waals surface area contributed by atoms with Gasteiger partial charge in [-0.2, -0.15) is 0 Å². The molecule has 0 aliphatic rings. The zero-order chi connectivity index (χ0) is 9.71. The van der Waals surface area contributed by atoms with E-state index in [2.05, 4.69) is 57.8 Å². The molecular weight excluding hydrogens is 238 g/mol. The normalized spacial score (nSPS) is 11.5. The molecule has 0 atom stereocenters. The predicted octanol–water partition coefficient (Wildman–Crippen LogP) is 3.21. The largest absolute Gasteiger partial charge is 0.355 e. The first kappa shape index (κ1) is 8.06. The van der Waals surface area contributed by atoms with Gasteiger partial charge in [0.05, 0.1) is 0 Å². The van der Waals surface area contributed by atoms with Crippen molar-refractivity contribution in [2.45, 2.75) is 0 Å². The van der Waals surface area contributed by atoms with Gasteiger partial charge in [-0.25, -0.2) is 0 Å². The molecule has 0 unspecified atom stereocenters. The standard InChI is InChI=1S/C12H8BrN/c1-7-8-3-2-4-9-10(13)5-6-11(14-7)12(8)9/h2-6,14H,1H2. The van der Waals surface area contributed by atoms with E-state index in [4.69, 9.17) is 0 Å². The molecule has 1 aromatic heterocycles. The highest BCUT2D eigenvalue weighted by Crippen LogP contribution is 2.29. The van der Waals surface area contributed by atoms with Crippen LogP contribution in [0.25, 0.3) is 28.3 Å². The Morgan fingerprint density at radius 3 is 2.71 bits per heavy atom. The van der Waals surface area contributed by atoms with E-state index in [0.717, 1.165) is 15.3 Å². The second-order valence-corrected chi connectivity index (χ2v) is 4.28. The van der Waals surface area contributed by atoms with E-state index < -0.39 is 0 Å². The lowest BCUT2D eigenvalue weighted by molar-refractivity contribution is 1.41. The summed E-state index contributed by atoms with van der Waals surface area (Å²) in [5.74, 6) is 0. The van der Waals surface area contributed by atoms with E-state index in [-0.39, 0.29) is 0 Å². The molecule has 3 aromatic rings. The molecule has 1 nitrogen and oxygen atoms in total. The highest BCUT2D eigenvalue weighted by atomic mass is 79.9. The van der Waals surface area contributed by atoms with Gasteiger partial charge in [0, 0.05) is 26.1 Å². The van der Waals surface area contributed by atoms with E-state index in [9.17, 15) is 0 Å². The average molecular weight is 246 g/mol. The van der Waals surface area contributed by atoms with Gasteiger partial charge in [0.1, 0.15) is 0 Å². The van der Waals surface area contributed by atoms with Crippen LogP contribution in [0, 0.1) is 0 Å². The average Bonchev–Trinajstić information content (AvgIpc) is 2.52. The molecule has 0 fully saturated rings. The van der Waals surface area contributed by atoms with Crippen molar-refractivity contribution in [1.82, 2.24) is 4.98 Å². The highest BCUT2D eigenvalue weighted by Gasteiger charge is 2.06. The van der Waals surface area contributed by atoms with Crippen molar-refractivity contribution in [2.75, 3.05) is 0 Å². The molecule has 3 rings (SSSR count). The van der Waals surface area contributed by atoms with Gasteiger partial charge >= 0.3 is 0 Å². The van der Waals surface area contributed by atoms with Gasteiger partial charge in [-0.15, -0.1) is 0 Å². The van der Waals surface area contributed by atoms with E-state index in [1.807, 2.05) is 0 Å². The molecule has 2 heteroatoms. The molecule has 1 N–H and O–H groups in total. The fraction of sp³-hybridized carbons (Fsp3) is 0. The second kappa shape index (κ2) is 2.61. The molecule has 0 saturated carbocycles. The number of aromatic amines is 1. The Morgan fingerprint density at radius 1 is 1.07 bits per heavy atom. The summed E-state index contributed by atoms with van der Waals surface area (Å²) in [6.45, 7) is 4.00. The topological polar surface area (TPSA) is 15.8 Å². The maximum absolute atomic E-state index is 4.00. The minimum absolute atomic E-state index is 0.990. The summed E-state index contributed by atoms with van der Waals surface area (Å²) in [7, 11) is 0. The second-order valence-electron chi connectivity index (χ2n) is 3.43. The quantitative estimate of drug-likeness (QED) is 0.626. The minimum Gasteiger partial charge on any atom is -0.355 e. The molecule has 0 aliphatic carbocycles. The summed E-state index contributed by atoms with van der Waals surface area (Å²) in [6, 6.07) is 10.4. The monoisotopic (exact) mass is 245 g/mol. The van der Waals surface area contributed by atoms with Gasteiger partial charge in [0.25, 0.3) is 0 Å². The number of hydrogen-bond donors (Lipinski definition) is 1. The molecule has 0 aliphatic heterocycles.